The van der Waals surface area contributed by atoms with Crippen molar-refractivity contribution < 1.29 is 18.9 Å². The van der Waals surface area contributed by atoms with Crippen molar-refractivity contribution >= 4 is 23.4 Å². The zero-order chi connectivity index (χ0) is 21.7. The fourth-order valence-electron chi connectivity index (χ4n) is 2.73. The molecule has 3 rings (SSSR count). The highest BCUT2D eigenvalue weighted by Gasteiger charge is 2.15. The summed E-state index contributed by atoms with van der Waals surface area (Å²) in [5, 5.41) is 23.0. The van der Waals surface area contributed by atoms with E-state index in [9.17, 15) is 20.2 Å². The molecule has 3 aromatic rings. The van der Waals surface area contributed by atoms with Gasteiger partial charge in [-0.1, -0.05) is 6.07 Å². The molecule has 0 atom stereocenters. The Bertz CT molecular complexity index is 1170. The monoisotopic (exact) mass is 403 g/mol. The predicted octanol–water partition coefficient (Wildman–Crippen LogP) is 4.72. The number of hydrogen-bond acceptors (Lipinski definition) is 6. The quantitative estimate of drug-likeness (QED) is 0.275. The van der Waals surface area contributed by atoms with Crippen LogP contribution in [0.15, 0.2) is 64.6 Å². The summed E-state index contributed by atoms with van der Waals surface area (Å²) in [4.78, 5) is 22.9. The topological polar surface area (TPSA) is 118 Å². The first-order valence-corrected chi connectivity index (χ1v) is 8.83. The molecule has 0 unspecified atom stereocenters. The first-order valence-electron chi connectivity index (χ1n) is 8.83. The Kier molecular flexibility index (Phi) is 5.94. The highest BCUT2D eigenvalue weighted by molar-refractivity contribution is 6.09. The molecule has 0 spiro atoms. The van der Waals surface area contributed by atoms with Crippen LogP contribution in [-0.2, 0) is 4.79 Å². The number of nitro groups is 1. The van der Waals surface area contributed by atoms with Crippen molar-refractivity contribution in [1.29, 1.82) is 5.26 Å². The number of amides is 1. The van der Waals surface area contributed by atoms with Gasteiger partial charge in [0.1, 0.15) is 28.9 Å². The summed E-state index contributed by atoms with van der Waals surface area (Å²) in [7, 11) is 1.54. The molecule has 0 aliphatic rings. The van der Waals surface area contributed by atoms with Crippen molar-refractivity contribution in [3.05, 3.63) is 81.6 Å². The molecule has 0 radical (unpaired) electrons. The van der Waals surface area contributed by atoms with Gasteiger partial charge in [-0.05, 0) is 48.9 Å². The van der Waals surface area contributed by atoms with Crippen LogP contribution in [0.3, 0.4) is 0 Å². The Morgan fingerprint density at radius 2 is 1.93 bits per heavy atom. The summed E-state index contributed by atoms with van der Waals surface area (Å²) in [5.41, 5.74) is 1.66. The second kappa shape index (κ2) is 8.75. The smallest absolute Gasteiger partial charge is 0.270 e. The maximum atomic E-state index is 12.4. The zero-order valence-corrected chi connectivity index (χ0v) is 16.2. The van der Waals surface area contributed by atoms with Gasteiger partial charge >= 0.3 is 0 Å². The molecule has 0 aliphatic heterocycles. The van der Waals surface area contributed by atoms with Crippen LogP contribution < -0.4 is 10.1 Å². The summed E-state index contributed by atoms with van der Waals surface area (Å²) < 4.78 is 10.8. The fourth-order valence-corrected chi connectivity index (χ4v) is 2.73. The maximum Gasteiger partial charge on any atom is 0.270 e. The van der Waals surface area contributed by atoms with Crippen LogP contribution in [-0.4, -0.2) is 17.9 Å². The first-order chi connectivity index (χ1) is 14.4. The average Bonchev–Trinajstić information content (AvgIpc) is 3.21. The van der Waals surface area contributed by atoms with Crippen LogP contribution in [0.4, 0.5) is 11.4 Å². The first kappa shape index (κ1) is 20.4. The SMILES string of the molecule is COc1ccc(NC(=O)C(C#N)=Cc2ccc(-c3cc([N+](=O)[O-])ccc3C)o2)cc1. The van der Waals surface area contributed by atoms with Gasteiger partial charge in [0.15, 0.2) is 0 Å². The number of non-ortho nitro benzene ring substituents is 1. The minimum absolute atomic E-state index is 0.0549. The summed E-state index contributed by atoms with van der Waals surface area (Å²) >= 11 is 0. The number of benzene rings is 2. The lowest BCUT2D eigenvalue weighted by Gasteiger charge is -2.05. The lowest BCUT2D eigenvalue weighted by Crippen LogP contribution is -2.13. The van der Waals surface area contributed by atoms with Crippen LogP contribution in [0, 0.1) is 28.4 Å². The average molecular weight is 403 g/mol. The van der Waals surface area contributed by atoms with E-state index in [1.165, 1.54) is 25.3 Å². The van der Waals surface area contributed by atoms with Gasteiger partial charge < -0.3 is 14.5 Å². The molecule has 8 heteroatoms. The number of carbonyl (C=O) groups is 1. The lowest BCUT2D eigenvalue weighted by molar-refractivity contribution is -0.384. The highest BCUT2D eigenvalue weighted by atomic mass is 16.6. The van der Waals surface area contributed by atoms with E-state index in [-0.39, 0.29) is 17.0 Å². The van der Waals surface area contributed by atoms with Crippen LogP contribution in [0.1, 0.15) is 11.3 Å². The molecular weight excluding hydrogens is 386 g/mol. The molecule has 8 nitrogen and oxygen atoms in total. The van der Waals surface area contributed by atoms with Gasteiger partial charge in [0.05, 0.1) is 12.0 Å². The summed E-state index contributed by atoms with van der Waals surface area (Å²) in [5.74, 6) is 0.725. The van der Waals surface area contributed by atoms with E-state index in [1.807, 2.05) is 6.07 Å². The van der Waals surface area contributed by atoms with Gasteiger partial charge in [-0.15, -0.1) is 0 Å². The molecule has 0 aliphatic carbocycles. The predicted molar refractivity (Wildman–Crippen MR) is 111 cm³/mol. The Morgan fingerprint density at radius 3 is 2.57 bits per heavy atom. The number of nitrogens with one attached hydrogen (secondary N) is 1. The van der Waals surface area contributed by atoms with E-state index in [1.54, 1.807) is 49.4 Å². The number of furan rings is 1. The fraction of sp³-hybridized carbons (Fsp3) is 0.0909. The zero-order valence-electron chi connectivity index (χ0n) is 16.2. The van der Waals surface area contributed by atoms with Crippen molar-refractivity contribution in [2.45, 2.75) is 6.92 Å². The summed E-state index contributed by atoms with van der Waals surface area (Å²) in [6.07, 6.45) is 1.31. The molecule has 0 bridgehead atoms. The number of rotatable bonds is 6. The van der Waals surface area contributed by atoms with Gasteiger partial charge in [-0.2, -0.15) is 5.26 Å². The number of methoxy groups -OCH3 is 1. The number of anilines is 1. The number of nitro benzene ring substituents is 1. The van der Waals surface area contributed by atoms with Crippen molar-refractivity contribution in [2.75, 3.05) is 12.4 Å². The second-order valence-corrected chi connectivity index (χ2v) is 6.31. The van der Waals surface area contributed by atoms with Crippen LogP contribution >= 0.6 is 0 Å². The molecule has 2 aromatic carbocycles. The third-order valence-corrected chi connectivity index (χ3v) is 4.32. The maximum absolute atomic E-state index is 12.4. The van der Waals surface area contributed by atoms with E-state index in [0.717, 1.165) is 5.56 Å². The van der Waals surface area contributed by atoms with Crippen LogP contribution in [0.2, 0.25) is 0 Å². The van der Waals surface area contributed by atoms with Crippen LogP contribution in [0.25, 0.3) is 17.4 Å². The number of aryl methyl sites for hydroxylation is 1. The number of nitriles is 1. The van der Waals surface area contributed by atoms with Gasteiger partial charge in [-0.3, -0.25) is 14.9 Å². The standard InChI is InChI=1S/C22H17N3O5/c1-14-3-6-17(25(27)28)12-20(14)21-10-9-19(30-21)11-15(13-23)22(26)24-16-4-7-18(29-2)8-5-16/h3-12H,1-2H3,(H,24,26). The minimum Gasteiger partial charge on any atom is -0.497 e. The Morgan fingerprint density at radius 1 is 1.20 bits per heavy atom. The molecule has 0 saturated heterocycles. The molecule has 1 amide bonds. The summed E-state index contributed by atoms with van der Waals surface area (Å²) in [6.45, 7) is 1.81. The number of carbonyl (C=O) groups excluding carboxylic acids is 1. The minimum atomic E-state index is -0.591. The number of ether oxygens (including phenoxy) is 1. The third kappa shape index (κ3) is 4.54. The molecule has 1 N–H and O–H groups in total. The highest BCUT2D eigenvalue weighted by Crippen LogP contribution is 2.29. The normalized spacial score (nSPS) is 10.9. The van der Waals surface area contributed by atoms with Gasteiger partial charge in [0, 0.05) is 29.5 Å². The van der Waals surface area contributed by atoms with E-state index >= 15 is 0 Å². The third-order valence-electron chi connectivity index (χ3n) is 4.32. The van der Waals surface area contributed by atoms with E-state index in [2.05, 4.69) is 5.32 Å². The number of hydrogen-bond donors (Lipinski definition) is 1. The Labute approximate surface area is 172 Å². The molecule has 30 heavy (non-hydrogen) atoms. The molecule has 1 heterocycles. The lowest BCUT2D eigenvalue weighted by atomic mass is 10.1. The van der Waals surface area contributed by atoms with Gasteiger partial charge in [0.25, 0.3) is 11.6 Å². The molecule has 0 saturated carbocycles. The number of nitrogens with zero attached hydrogens (tertiary/aromatic N) is 2. The molecule has 0 fully saturated rings. The van der Waals surface area contributed by atoms with Gasteiger partial charge in [0.2, 0.25) is 0 Å². The second-order valence-electron chi connectivity index (χ2n) is 6.31. The Balaban J connectivity index is 1.83. The largest absolute Gasteiger partial charge is 0.497 e. The van der Waals surface area contributed by atoms with Crippen molar-refractivity contribution in [3.8, 4) is 23.1 Å². The van der Waals surface area contributed by atoms with E-state index in [4.69, 9.17) is 9.15 Å². The van der Waals surface area contributed by atoms with Crippen molar-refractivity contribution in [3.63, 3.8) is 0 Å². The van der Waals surface area contributed by atoms with Gasteiger partial charge in [-0.25, -0.2) is 0 Å². The Hall–Kier alpha value is -4.38. The van der Waals surface area contributed by atoms with Crippen molar-refractivity contribution in [2.24, 2.45) is 0 Å². The molecular formula is C22H17N3O5. The van der Waals surface area contributed by atoms with E-state index < -0.39 is 10.8 Å². The molecule has 1 aromatic heterocycles. The van der Waals surface area contributed by atoms with E-state index in [0.29, 0.717) is 22.8 Å². The van der Waals surface area contributed by atoms with Crippen molar-refractivity contribution in [1.82, 2.24) is 0 Å². The van der Waals surface area contributed by atoms with Crippen LogP contribution in [0.5, 0.6) is 5.75 Å². The summed E-state index contributed by atoms with van der Waals surface area (Å²) in [6, 6.07) is 16.2. The molecule has 150 valence electrons.